The Morgan fingerprint density at radius 3 is 2.00 bits per heavy atom. The topological polar surface area (TPSA) is 40.6 Å². The normalized spacial score (nSPS) is 14.5. The van der Waals surface area contributed by atoms with E-state index >= 15 is 0 Å². The predicted molar refractivity (Wildman–Crippen MR) is 94.7 cm³/mol. The van der Waals surface area contributed by atoms with Crippen LogP contribution in [0.1, 0.15) is 20.7 Å². The molecular formula is C18H15Cl2FN2O2. The second kappa shape index (κ2) is 7.42. The van der Waals surface area contributed by atoms with E-state index in [2.05, 4.69) is 0 Å². The molecule has 2 aromatic rings. The van der Waals surface area contributed by atoms with E-state index in [1.165, 1.54) is 23.1 Å². The molecule has 2 amide bonds. The van der Waals surface area contributed by atoms with Gasteiger partial charge in [0.15, 0.2) is 0 Å². The SMILES string of the molecule is O=C(c1cc(Cl)ccc1F)N1CCN(C(=O)c2ccccc2Cl)CC1. The summed E-state index contributed by atoms with van der Waals surface area (Å²) < 4.78 is 13.9. The molecule has 0 atom stereocenters. The van der Waals surface area contributed by atoms with E-state index in [0.717, 1.165) is 0 Å². The lowest BCUT2D eigenvalue weighted by atomic mass is 10.1. The molecule has 0 saturated carbocycles. The molecule has 1 saturated heterocycles. The fourth-order valence-corrected chi connectivity index (χ4v) is 3.14. The number of carbonyl (C=O) groups is 2. The molecule has 4 nitrogen and oxygen atoms in total. The first-order valence-corrected chi connectivity index (χ1v) is 8.51. The zero-order valence-electron chi connectivity index (χ0n) is 13.2. The summed E-state index contributed by atoms with van der Waals surface area (Å²) in [6, 6.07) is 10.7. The summed E-state index contributed by atoms with van der Waals surface area (Å²) in [5.74, 6) is -1.21. The third kappa shape index (κ3) is 3.78. The van der Waals surface area contributed by atoms with Gasteiger partial charge in [-0.1, -0.05) is 35.3 Å². The molecule has 2 aromatic carbocycles. The maximum Gasteiger partial charge on any atom is 0.257 e. The van der Waals surface area contributed by atoms with E-state index in [1.54, 1.807) is 29.2 Å². The maximum atomic E-state index is 13.9. The highest BCUT2D eigenvalue weighted by Gasteiger charge is 2.27. The minimum atomic E-state index is -0.607. The third-order valence-corrected chi connectivity index (χ3v) is 4.68. The van der Waals surface area contributed by atoms with Crippen LogP contribution in [0.15, 0.2) is 42.5 Å². The number of nitrogens with zero attached hydrogens (tertiary/aromatic N) is 2. The Labute approximate surface area is 154 Å². The maximum absolute atomic E-state index is 13.9. The van der Waals surface area contributed by atoms with Crippen molar-refractivity contribution in [3.05, 3.63) is 69.5 Å². The van der Waals surface area contributed by atoms with Crippen LogP contribution < -0.4 is 0 Å². The molecule has 1 heterocycles. The fraction of sp³-hybridized carbons (Fsp3) is 0.222. The Morgan fingerprint density at radius 1 is 0.840 bits per heavy atom. The van der Waals surface area contributed by atoms with Crippen LogP contribution in [0.3, 0.4) is 0 Å². The molecule has 0 radical (unpaired) electrons. The van der Waals surface area contributed by atoms with Crippen LogP contribution in [0.5, 0.6) is 0 Å². The van der Waals surface area contributed by atoms with Crippen molar-refractivity contribution >= 4 is 35.0 Å². The highest BCUT2D eigenvalue weighted by atomic mass is 35.5. The minimum Gasteiger partial charge on any atom is -0.335 e. The van der Waals surface area contributed by atoms with E-state index in [1.807, 2.05) is 0 Å². The molecule has 130 valence electrons. The van der Waals surface area contributed by atoms with E-state index in [9.17, 15) is 14.0 Å². The van der Waals surface area contributed by atoms with E-state index < -0.39 is 11.7 Å². The Morgan fingerprint density at radius 2 is 1.40 bits per heavy atom. The smallest absolute Gasteiger partial charge is 0.257 e. The van der Waals surface area contributed by atoms with Gasteiger partial charge in [0.05, 0.1) is 16.1 Å². The van der Waals surface area contributed by atoms with Gasteiger partial charge in [-0.15, -0.1) is 0 Å². The Balaban J connectivity index is 1.68. The Hall–Kier alpha value is -2.11. The van der Waals surface area contributed by atoms with Crippen LogP contribution >= 0.6 is 23.2 Å². The standard InChI is InChI=1S/C18H15Cl2FN2O2/c19-12-5-6-16(21)14(11-12)18(25)23-9-7-22(8-10-23)17(24)13-3-1-2-4-15(13)20/h1-6,11H,7-10H2. The Kier molecular flexibility index (Phi) is 5.25. The van der Waals surface area contributed by atoms with Gasteiger partial charge in [0.25, 0.3) is 11.8 Å². The van der Waals surface area contributed by atoms with Gasteiger partial charge in [0.2, 0.25) is 0 Å². The van der Waals surface area contributed by atoms with Gasteiger partial charge in [-0.05, 0) is 30.3 Å². The average Bonchev–Trinajstić information content (AvgIpc) is 2.63. The number of rotatable bonds is 2. The number of hydrogen-bond donors (Lipinski definition) is 0. The molecular weight excluding hydrogens is 366 g/mol. The van der Waals surface area contributed by atoms with Crippen LogP contribution in [-0.4, -0.2) is 47.8 Å². The fourth-order valence-electron chi connectivity index (χ4n) is 2.75. The summed E-state index contributed by atoms with van der Waals surface area (Å²) in [4.78, 5) is 28.2. The number of hydrogen-bond acceptors (Lipinski definition) is 2. The summed E-state index contributed by atoms with van der Waals surface area (Å²) in [6.45, 7) is 1.36. The molecule has 0 aliphatic carbocycles. The number of carbonyl (C=O) groups excluding carboxylic acids is 2. The van der Waals surface area contributed by atoms with Gasteiger partial charge in [0, 0.05) is 31.2 Å². The first-order valence-electron chi connectivity index (χ1n) is 7.75. The summed E-state index contributed by atoms with van der Waals surface area (Å²) in [6.07, 6.45) is 0. The predicted octanol–water partition coefficient (Wildman–Crippen LogP) is 3.73. The second-order valence-corrected chi connectivity index (χ2v) is 6.53. The number of piperazine rings is 1. The zero-order valence-corrected chi connectivity index (χ0v) is 14.7. The van der Waals surface area contributed by atoms with E-state index in [-0.39, 0.29) is 11.5 Å². The lowest BCUT2D eigenvalue weighted by molar-refractivity contribution is 0.0533. The molecule has 0 aromatic heterocycles. The first kappa shape index (κ1) is 17.7. The summed E-state index contributed by atoms with van der Waals surface area (Å²) >= 11 is 11.9. The van der Waals surface area contributed by atoms with Crippen LogP contribution in [0.25, 0.3) is 0 Å². The molecule has 0 spiro atoms. The molecule has 0 bridgehead atoms. The van der Waals surface area contributed by atoms with Crippen molar-refractivity contribution in [2.75, 3.05) is 26.2 Å². The molecule has 25 heavy (non-hydrogen) atoms. The van der Waals surface area contributed by atoms with Gasteiger partial charge in [0.1, 0.15) is 5.82 Å². The molecule has 1 aliphatic rings. The van der Waals surface area contributed by atoms with Crippen molar-refractivity contribution in [2.24, 2.45) is 0 Å². The van der Waals surface area contributed by atoms with Gasteiger partial charge >= 0.3 is 0 Å². The molecule has 1 aliphatic heterocycles. The van der Waals surface area contributed by atoms with Gasteiger partial charge < -0.3 is 9.80 Å². The van der Waals surface area contributed by atoms with Crippen LogP contribution in [0, 0.1) is 5.82 Å². The Bertz CT molecular complexity index is 820. The van der Waals surface area contributed by atoms with Gasteiger partial charge in [-0.3, -0.25) is 9.59 Å². The summed E-state index contributed by atoms with van der Waals surface area (Å²) in [5.41, 5.74) is 0.378. The van der Waals surface area contributed by atoms with Crippen molar-refractivity contribution < 1.29 is 14.0 Å². The van der Waals surface area contributed by atoms with Crippen LogP contribution in [0.4, 0.5) is 4.39 Å². The highest BCUT2D eigenvalue weighted by molar-refractivity contribution is 6.33. The van der Waals surface area contributed by atoms with Crippen molar-refractivity contribution in [1.82, 2.24) is 9.80 Å². The van der Waals surface area contributed by atoms with Crippen molar-refractivity contribution in [3.8, 4) is 0 Å². The zero-order chi connectivity index (χ0) is 18.0. The highest BCUT2D eigenvalue weighted by Crippen LogP contribution is 2.20. The number of halogens is 3. The quantitative estimate of drug-likeness (QED) is 0.796. The number of benzene rings is 2. The van der Waals surface area contributed by atoms with Crippen molar-refractivity contribution in [3.63, 3.8) is 0 Å². The molecule has 3 rings (SSSR count). The largest absolute Gasteiger partial charge is 0.335 e. The minimum absolute atomic E-state index is 0.0571. The monoisotopic (exact) mass is 380 g/mol. The van der Waals surface area contributed by atoms with Crippen molar-refractivity contribution in [1.29, 1.82) is 0 Å². The van der Waals surface area contributed by atoms with Crippen molar-refractivity contribution in [2.45, 2.75) is 0 Å². The van der Waals surface area contributed by atoms with Crippen LogP contribution in [-0.2, 0) is 0 Å². The van der Waals surface area contributed by atoms with Crippen LogP contribution in [0.2, 0.25) is 10.0 Å². The molecule has 7 heteroatoms. The third-order valence-electron chi connectivity index (χ3n) is 4.12. The summed E-state index contributed by atoms with van der Waals surface area (Å²) in [7, 11) is 0. The van der Waals surface area contributed by atoms with Gasteiger partial charge in [-0.25, -0.2) is 4.39 Å². The summed E-state index contributed by atoms with van der Waals surface area (Å²) in [5, 5.41) is 0.698. The van der Waals surface area contributed by atoms with E-state index in [4.69, 9.17) is 23.2 Å². The average molecular weight is 381 g/mol. The molecule has 0 N–H and O–H groups in total. The van der Waals surface area contributed by atoms with E-state index in [0.29, 0.717) is 41.8 Å². The first-order chi connectivity index (χ1) is 12.0. The lowest BCUT2D eigenvalue weighted by Gasteiger charge is -2.35. The lowest BCUT2D eigenvalue weighted by Crippen LogP contribution is -2.50. The van der Waals surface area contributed by atoms with Gasteiger partial charge in [-0.2, -0.15) is 0 Å². The second-order valence-electron chi connectivity index (χ2n) is 5.69. The number of amides is 2. The molecule has 0 unspecified atom stereocenters. The molecule has 1 fully saturated rings.